The summed E-state index contributed by atoms with van der Waals surface area (Å²) >= 11 is 0. The molecule has 9 heteroatoms. The van der Waals surface area contributed by atoms with Gasteiger partial charge >= 0.3 is 0 Å². The summed E-state index contributed by atoms with van der Waals surface area (Å²) in [5.74, 6) is -3.24. The van der Waals surface area contributed by atoms with Gasteiger partial charge in [0.15, 0.2) is 0 Å². The minimum absolute atomic E-state index is 0.0235. The van der Waals surface area contributed by atoms with Gasteiger partial charge in [0.25, 0.3) is 5.56 Å². The SMILES string of the molecule is Cc1nnc(-c2ccc(F)cc2F)c2[nH]c(=O)c(Nc3ccc(F)cc3F)cc12. The Kier molecular flexibility index (Phi) is 4.50. The second-order valence-electron chi connectivity index (χ2n) is 6.31. The van der Waals surface area contributed by atoms with Crippen LogP contribution >= 0.6 is 0 Å². The van der Waals surface area contributed by atoms with Gasteiger partial charge in [0.05, 0.1) is 16.9 Å². The molecule has 0 saturated carbocycles. The Hall–Kier alpha value is -3.75. The summed E-state index contributed by atoms with van der Waals surface area (Å²) in [5.41, 5.74) is -0.157. The average Bonchev–Trinajstić information content (AvgIpc) is 2.66. The van der Waals surface area contributed by atoms with Gasteiger partial charge in [-0.25, -0.2) is 17.6 Å². The number of aryl methyl sites for hydroxylation is 1. The average molecular weight is 400 g/mol. The normalized spacial score (nSPS) is 11.1. The van der Waals surface area contributed by atoms with Crippen molar-refractivity contribution in [3.05, 3.63) is 81.8 Å². The van der Waals surface area contributed by atoms with E-state index in [-0.39, 0.29) is 28.1 Å². The van der Waals surface area contributed by atoms with Crippen molar-refractivity contribution < 1.29 is 17.6 Å². The molecular weight excluding hydrogens is 388 g/mol. The van der Waals surface area contributed by atoms with Crippen molar-refractivity contribution in [3.8, 4) is 11.3 Å². The molecule has 2 aromatic carbocycles. The van der Waals surface area contributed by atoms with Crippen LogP contribution in [0.25, 0.3) is 22.2 Å². The summed E-state index contributed by atoms with van der Waals surface area (Å²) in [6, 6.07) is 7.26. The van der Waals surface area contributed by atoms with Crippen LogP contribution in [0.2, 0.25) is 0 Å². The van der Waals surface area contributed by atoms with Crippen molar-refractivity contribution in [2.75, 3.05) is 5.32 Å². The minimum Gasteiger partial charge on any atom is -0.349 e. The topological polar surface area (TPSA) is 70.7 Å². The van der Waals surface area contributed by atoms with Crippen LogP contribution in [0.4, 0.5) is 28.9 Å². The van der Waals surface area contributed by atoms with Crippen LogP contribution in [0.1, 0.15) is 5.69 Å². The predicted octanol–water partition coefficient (Wildman–Crippen LogP) is 4.59. The van der Waals surface area contributed by atoms with E-state index in [0.29, 0.717) is 23.2 Å². The van der Waals surface area contributed by atoms with E-state index >= 15 is 0 Å². The lowest BCUT2D eigenvalue weighted by atomic mass is 10.1. The number of pyridine rings is 1. The van der Waals surface area contributed by atoms with E-state index in [9.17, 15) is 22.4 Å². The Morgan fingerprint density at radius 3 is 2.24 bits per heavy atom. The second kappa shape index (κ2) is 7.01. The maximum atomic E-state index is 14.2. The molecule has 2 aromatic heterocycles. The fourth-order valence-electron chi connectivity index (χ4n) is 2.93. The number of nitrogens with zero attached hydrogens (tertiary/aromatic N) is 2. The number of anilines is 2. The summed E-state index contributed by atoms with van der Waals surface area (Å²) in [5, 5.41) is 10.9. The molecule has 29 heavy (non-hydrogen) atoms. The lowest BCUT2D eigenvalue weighted by Crippen LogP contribution is -2.13. The number of hydrogen-bond acceptors (Lipinski definition) is 4. The van der Waals surface area contributed by atoms with E-state index in [0.717, 1.165) is 18.2 Å². The Balaban J connectivity index is 1.88. The quantitative estimate of drug-likeness (QED) is 0.494. The van der Waals surface area contributed by atoms with Crippen LogP contribution in [0.3, 0.4) is 0 Å². The molecular formula is C20H12F4N4O. The molecule has 4 aromatic rings. The third-order valence-electron chi connectivity index (χ3n) is 4.35. The van der Waals surface area contributed by atoms with Crippen molar-refractivity contribution in [1.82, 2.24) is 15.2 Å². The lowest BCUT2D eigenvalue weighted by molar-refractivity contribution is 0.584. The number of fused-ring (bicyclic) bond motifs is 1. The molecule has 2 heterocycles. The number of benzene rings is 2. The standard InChI is InChI=1S/C20H12F4N4O/c1-9-13-8-17(25-16-5-3-11(22)7-15(16)24)20(29)26-18(13)19(28-27-9)12-4-2-10(21)6-14(12)23/h2-8,25H,1H3,(H,26,29). The fourth-order valence-corrected chi connectivity index (χ4v) is 2.93. The Morgan fingerprint density at radius 1 is 0.862 bits per heavy atom. The first-order valence-electron chi connectivity index (χ1n) is 8.41. The summed E-state index contributed by atoms with van der Waals surface area (Å²) in [7, 11) is 0. The van der Waals surface area contributed by atoms with Crippen LogP contribution < -0.4 is 10.9 Å². The van der Waals surface area contributed by atoms with Crippen molar-refractivity contribution in [2.24, 2.45) is 0 Å². The molecule has 0 aliphatic carbocycles. The molecule has 146 valence electrons. The van der Waals surface area contributed by atoms with E-state index in [1.165, 1.54) is 12.1 Å². The zero-order valence-electron chi connectivity index (χ0n) is 14.9. The maximum absolute atomic E-state index is 14.2. The number of halogens is 4. The fraction of sp³-hybridized carbons (Fsp3) is 0.0500. The van der Waals surface area contributed by atoms with Crippen LogP contribution in [0.15, 0.2) is 47.3 Å². The van der Waals surface area contributed by atoms with Crippen LogP contribution in [-0.2, 0) is 0 Å². The zero-order valence-corrected chi connectivity index (χ0v) is 14.9. The van der Waals surface area contributed by atoms with Gasteiger partial charge in [0.1, 0.15) is 34.7 Å². The highest BCUT2D eigenvalue weighted by atomic mass is 19.1. The van der Waals surface area contributed by atoms with Crippen LogP contribution in [0.5, 0.6) is 0 Å². The number of H-pyrrole nitrogens is 1. The van der Waals surface area contributed by atoms with Crippen LogP contribution in [-0.4, -0.2) is 15.2 Å². The molecule has 0 bridgehead atoms. The van der Waals surface area contributed by atoms with Crippen LogP contribution in [0, 0.1) is 30.2 Å². The number of rotatable bonds is 3. The van der Waals surface area contributed by atoms with Crippen molar-refractivity contribution >= 4 is 22.3 Å². The summed E-state index contributed by atoms with van der Waals surface area (Å²) in [6.45, 7) is 1.63. The Labute approximate surface area is 161 Å². The number of aromatic amines is 1. The van der Waals surface area contributed by atoms with Gasteiger partial charge in [-0.1, -0.05) is 0 Å². The summed E-state index contributed by atoms with van der Waals surface area (Å²) in [6.07, 6.45) is 0. The van der Waals surface area contributed by atoms with Crippen molar-refractivity contribution in [2.45, 2.75) is 6.92 Å². The van der Waals surface area contributed by atoms with Crippen molar-refractivity contribution in [1.29, 1.82) is 0 Å². The monoisotopic (exact) mass is 400 g/mol. The highest BCUT2D eigenvalue weighted by Crippen LogP contribution is 2.29. The number of nitrogens with one attached hydrogen (secondary N) is 2. The van der Waals surface area contributed by atoms with E-state index in [1.54, 1.807) is 6.92 Å². The van der Waals surface area contributed by atoms with Gasteiger partial charge in [0, 0.05) is 23.1 Å². The predicted molar refractivity (Wildman–Crippen MR) is 99.9 cm³/mol. The molecule has 0 unspecified atom stereocenters. The van der Waals surface area contributed by atoms with E-state index < -0.39 is 28.8 Å². The number of aromatic nitrogens is 3. The lowest BCUT2D eigenvalue weighted by Gasteiger charge is -2.11. The molecule has 5 nitrogen and oxygen atoms in total. The second-order valence-corrected chi connectivity index (χ2v) is 6.31. The summed E-state index contributed by atoms with van der Waals surface area (Å²) in [4.78, 5) is 15.1. The van der Waals surface area contributed by atoms with Crippen molar-refractivity contribution in [3.63, 3.8) is 0 Å². The minimum atomic E-state index is -0.872. The van der Waals surface area contributed by atoms with E-state index in [1.807, 2.05) is 0 Å². The van der Waals surface area contributed by atoms with E-state index in [4.69, 9.17) is 0 Å². The summed E-state index contributed by atoms with van der Waals surface area (Å²) < 4.78 is 54.5. The Morgan fingerprint density at radius 2 is 1.55 bits per heavy atom. The first kappa shape index (κ1) is 18.6. The third-order valence-corrected chi connectivity index (χ3v) is 4.35. The van der Waals surface area contributed by atoms with Gasteiger partial charge in [-0.3, -0.25) is 4.79 Å². The highest BCUT2D eigenvalue weighted by molar-refractivity contribution is 5.94. The molecule has 2 N–H and O–H groups in total. The molecule has 0 fully saturated rings. The smallest absolute Gasteiger partial charge is 0.272 e. The van der Waals surface area contributed by atoms with Gasteiger partial charge in [-0.05, 0) is 37.3 Å². The maximum Gasteiger partial charge on any atom is 0.272 e. The van der Waals surface area contributed by atoms with Gasteiger partial charge < -0.3 is 10.3 Å². The van der Waals surface area contributed by atoms with Gasteiger partial charge in [-0.15, -0.1) is 5.10 Å². The molecule has 0 amide bonds. The molecule has 0 spiro atoms. The van der Waals surface area contributed by atoms with Gasteiger partial charge in [0.2, 0.25) is 0 Å². The molecule has 0 radical (unpaired) electrons. The molecule has 0 saturated heterocycles. The third kappa shape index (κ3) is 3.42. The Bertz CT molecular complexity index is 1320. The van der Waals surface area contributed by atoms with E-state index in [2.05, 4.69) is 20.5 Å². The molecule has 0 aliphatic heterocycles. The first-order valence-corrected chi connectivity index (χ1v) is 8.41. The molecule has 0 atom stereocenters. The highest BCUT2D eigenvalue weighted by Gasteiger charge is 2.16. The molecule has 0 aliphatic rings. The zero-order chi connectivity index (χ0) is 20.7. The first-order chi connectivity index (χ1) is 13.8. The van der Waals surface area contributed by atoms with Gasteiger partial charge in [-0.2, -0.15) is 5.10 Å². The largest absolute Gasteiger partial charge is 0.349 e. The molecule has 4 rings (SSSR count). The number of hydrogen-bond donors (Lipinski definition) is 2.